The number of amides is 2. The molecule has 2 amide bonds. The highest BCUT2D eigenvalue weighted by Crippen LogP contribution is 2.35. The number of rotatable bonds is 7. The zero-order valence-electron chi connectivity index (χ0n) is 21.3. The molecule has 0 saturated heterocycles. The number of nitrogens with zero attached hydrogens (tertiary/aromatic N) is 2. The summed E-state index contributed by atoms with van der Waals surface area (Å²) >= 11 is 0. The van der Waals surface area contributed by atoms with Crippen LogP contribution in [0.3, 0.4) is 0 Å². The fraction of sp³-hybridized carbons (Fsp3) is 0.448. The van der Waals surface area contributed by atoms with Crippen molar-refractivity contribution in [2.24, 2.45) is 0 Å². The smallest absolute Gasteiger partial charge is 0.271 e. The van der Waals surface area contributed by atoms with E-state index in [-0.39, 0.29) is 24.0 Å². The van der Waals surface area contributed by atoms with Crippen molar-refractivity contribution in [1.82, 2.24) is 14.8 Å². The summed E-state index contributed by atoms with van der Waals surface area (Å²) in [6.07, 6.45) is 7.14. The van der Waals surface area contributed by atoms with Crippen LogP contribution in [0.25, 0.3) is 11.5 Å². The van der Waals surface area contributed by atoms with E-state index in [1.807, 2.05) is 73.9 Å². The Labute approximate surface area is 212 Å². The summed E-state index contributed by atoms with van der Waals surface area (Å²) in [4.78, 5) is 29.5. The fourth-order valence-electron chi connectivity index (χ4n) is 5.38. The largest absolute Gasteiger partial charge is 0.491 e. The maximum atomic E-state index is 13.9. The van der Waals surface area contributed by atoms with Gasteiger partial charge in [-0.05, 0) is 75.6 Å². The Morgan fingerprint density at radius 1 is 1.08 bits per heavy atom. The maximum absolute atomic E-state index is 13.9. The molecule has 1 aliphatic carbocycles. The van der Waals surface area contributed by atoms with E-state index in [1.54, 1.807) is 11.2 Å². The minimum absolute atomic E-state index is 0.0856. The van der Waals surface area contributed by atoms with E-state index < -0.39 is 5.54 Å². The molecular formula is C29H35N3O4. The summed E-state index contributed by atoms with van der Waals surface area (Å²) in [7, 11) is 0. The van der Waals surface area contributed by atoms with Gasteiger partial charge in [0, 0.05) is 12.6 Å². The number of carbonyl (C=O) groups excluding carboxylic acids is 2. The topological polar surface area (TPSA) is 76.7 Å². The van der Waals surface area contributed by atoms with Gasteiger partial charge in [-0.15, -0.1) is 0 Å². The van der Waals surface area contributed by atoms with Crippen LogP contribution in [-0.2, 0) is 17.9 Å². The molecule has 1 atom stereocenters. The van der Waals surface area contributed by atoms with Crippen molar-refractivity contribution < 1.29 is 18.7 Å². The molecule has 1 unspecified atom stereocenters. The Bertz CT molecular complexity index is 1210. The molecule has 190 valence electrons. The monoisotopic (exact) mass is 489 g/mol. The van der Waals surface area contributed by atoms with Crippen molar-refractivity contribution in [2.45, 2.75) is 83.6 Å². The molecule has 7 heteroatoms. The second-order valence-corrected chi connectivity index (χ2v) is 10.5. The van der Waals surface area contributed by atoms with Crippen LogP contribution in [0.1, 0.15) is 68.9 Å². The molecule has 1 aliphatic heterocycles. The number of ether oxygens (including phenoxy) is 1. The Hall–Kier alpha value is -3.48. The average molecular weight is 490 g/mol. The summed E-state index contributed by atoms with van der Waals surface area (Å²) < 4.78 is 13.3. The molecule has 0 radical (unpaired) electrons. The van der Waals surface area contributed by atoms with Gasteiger partial charge in [0.2, 0.25) is 5.91 Å². The first-order valence-corrected chi connectivity index (χ1v) is 13.0. The fourth-order valence-corrected chi connectivity index (χ4v) is 5.38. The number of hydrogen-bond acceptors (Lipinski definition) is 4. The van der Waals surface area contributed by atoms with Crippen molar-refractivity contribution in [3.05, 3.63) is 66.1 Å². The number of benzene rings is 1. The number of fused-ring (bicyclic) bond motifs is 1. The van der Waals surface area contributed by atoms with E-state index in [2.05, 4.69) is 5.32 Å². The van der Waals surface area contributed by atoms with Crippen molar-refractivity contribution in [3.8, 4) is 17.2 Å². The van der Waals surface area contributed by atoms with E-state index in [0.717, 1.165) is 42.7 Å². The van der Waals surface area contributed by atoms with Gasteiger partial charge >= 0.3 is 0 Å². The first kappa shape index (κ1) is 24.2. The third kappa shape index (κ3) is 4.66. The van der Waals surface area contributed by atoms with Gasteiger partial charge < -0.3 is 23.9 Å². The highest BCUT2D eigenvalue weighted by Gasteiger charge is 2.48. The van der Waals surface area contributed by atoms with E-state index in [0.29, 0.717) is 24.5 Å². The summed E-state index contributed by atoms with van der Waals surface area (Å²) in [5, 5.41) is 3.28. The lowest BCUT2D eigenvalue weighted by Crippen LogP contribution is -2.64. The third-order valence-corrected chi connectivity index (χ3v) is 7.35. The number of nitrogens with one attached hydrogen (secondary N) is 1. The summed E-state index contributed by atoms with van der Waals surface area (Å²) in [5.41, 5.74) is 1.25. The lowest BCUT2D eigenvalue weighted by molar-refractivity contribution is -0.134. The molecule has 7 nitrogen and oxygen atoms in total. The van der Waals surface area contributed by atoms with Crippen LogP contribution in [0.15, 0.2) is 59.2 Å². The molecule has 2 aromatic heterocycles. The molecule has 36 heavy (non-hydrogen) atoms. The van der Waals surface area contributed by atoms with Gasteiger partial charge in [0.05, 0.1) is 24.6 Å². The molecule has 1 saturated carbocycles. The van der Waals surface area contributed by atoms with Crippen LogP contribution in [0, 0.1) is 0 Å². The summed E-state index contributed by atoms with van der Waals surface area (Å²) in [5.74, 6) is 1.20. The van der Waals surface area contributed by atoms with Crippen LogP contribution in [0.4, 0.5) is 0 Å². The zero-order valence-corrected chi connectivity index (χ0v) is 21.3. The lowest BCUT2D eigenvalue weighted by Gasteiger charge is -2.45. The van der Waals surface area contributed by atoms with Crippen molar-refractivity contribution in [3.63, 3.8) is 0 Å². The van der Waals surface area contributed by atoms with Crippen LogP contribution < -0.4 is 10.1 Å². The first-order chi connectivity index (χ1) is 17.3. The second-order valence-electron chi connectivity index (χ2n) is 10.5. The Morgan fingerprint density at radius 2 is 1.81 bits per heavy atom. The summed E-state index contributed by atoms with van der Waals surface area (Å²) in [6.45, 7) is 6.54. The Morgan fingerprint density at radius 3 is 2.47 bits per heavy atom. The van der Waals surface area contributed by atoms with E-state index in [4.69, 9.17) is 9.15 Å². The lowest BCUT2D eigenvalue weighted by atomic mass is 9.91. The highest BCUT2D eigenvalue weighted by molar-refractivity contribution is 6.00. The van der Waals surface area contributed by atoms with Crippen LogP contribution in [0.5, 0.6) is 5.75 Å². The Balaban J connectivity index is 1.48. The molecule has 3 heterocycles. The first-order valence-electron chi connectivity index (χ1n) is 13.0. The van der Waals surface area contributed by atoms with Gasteiger partial charge in [-0.3, -0.25) is 9.59 Å². The zero-order chi connectivity index (χ0) is 25.3. The molecule has 3 aromatic rings. The van der Waals surface area contributed by atoms with E-state index in [9.17, 15) is 9.59 Å². The van der Waals surface area contributed by atoms with Crippen molar-refractivity contribution in [2.75, 3.05) is 0 Å². The van der Waals surface area contributed by atoms with Gasteiger partial charge in [0.1, 0.15) is 22.7 Å². The molecule has 1 fully saturated rings. The van der Waals surface area contributed by atoms with Crippen molar-refractivity contribution >= 4 is 11.8 Å². The molecule has 0 bridgehead atoms. The molecule has 0 spiro atoms. The molecular weight excluding hydrogens is 454 g/mol. The molecule has 5 rings (SSSR count). The molecule has 1 aromatic carbocycles. The standard InChI is InChI=1S/C29H35N3O4/c1-20(2)36-23-13-11-21(12-14-23)18-32-27(33)25-16-15-24(26-10-7-17-35-26)31(25)19-29(32,3)28(34)30-22-8-5-4-6-9-22/h7,10-17,20,22H,4-6,8-9,18-19H2,1-3H3,(H,30,34). The van der Waals surface area contributed by atoms with Gasteiger partial charge in [0.15, 0.2) is 0 Å². The third-order valence-electron chi connectivity index (χ3n) is 7.35. The molecule has 1 N–H and O–H groups in total. The van der Waals surface area contributed by atoms with E-state index >= 15 is 0 Å². The van der Waals surface area contributed by atoms with E-state index in [1.165, 1.54) is 6.42 Å². The van der Waals surface area contributed by atoms with Gasteiger partial charge in [0.25, 0.3) is 5.91 Å². The van der Waals surface area contributed by atoms with Gasteiger partial charge in [-0.25, -0.2) is 0 Å². The van der Waals surface area contributed by atoms with Crippen molar-refractivity contribution in [1.29, 1.82) is 0 Å². The van der Waals surface area contributed by atoms with Crippen LogP contribution >= 0.6 is 0 Å². The SMILES string of the molecule is CC(C)Oc1ccc(CN2C(=O)c3ccc(-c4ccco4)n3CC2(C)C(=O)NC2CCCCC2)cc1. The average Bonchev–Trinajstić information content (AvgIpc) is 3.53. The van der Waals surface area contributed by atoms with Crippen LogP contribution in [0.2, 0.25) is 0 Å². The number of carbonyl (C=O) groups is 2. The van der Waals surface area contributed by atoms with Crippen LogP contribution in [-0.4, -0.2) is 39.0 Å². The second kappa shape index (κ2) is 9.88. The molecule has 2 aliphatic rings. The number of aromatic nitrogens is 1. The quantitative estimate of drug-likeness (QED) is 0.482. The minimum Gasteiger partial charge on any atom is -0.491 e. The highest BCUT2D eigenvalue weighted by atomic mass is 16.5. The van der Waals surface area contributed by atoms with Gasteiger partial charge in [-0.2, -0.15) is 0 Å². The minimum atomic E-state index is -1.06. The predicted molar refractivity (Wildman–Crippen MR) is 138 cm³/mol. The number of hydrogen-bond donors (Lipinski definition) is 1. The number of furan rings is 1. The Kier molecular flexibility index (Phi) is 6.65. The van der Waals surface area contributed by atoms with Gasteiger partial charge in [-0.1, -0.05) is 31.4 Å². The predicted octanol–water partition coefficient (Wildman–Crippen LogP) is 5.40. The summed E-state index contributed by atoms with van der Waals surface area (Å²) in [6, 6.07) is 15.3. The normalized spacial score (nSPS) is 20.4. The maximum Gasteiger partial charge on any atom is 0.271 e.